The molecule has 0 N–H and O–H groups in total. The van der Waals surface area contributed by atoms with E-state index < -0.39 is 0 Å². The summed E-state index contributed by atoms with van der Waals surface area (Å²) in [5.41, 5.74) is 2.12. The van der Waals surface area contributed by atoms with Gasteiger partial charge in [-0.3, -0.25) is 9.69 Å². The standard InChI is InChI=1S/C17H26N2O/c1-13(2)14-5-7-15(8-6-14)17(20)12-19-10-9-16(11-19)18(3)4/h5-8,13,16H,9-12H2,1-4H3. The van der Waals surface area contributed by atoms with Crippen LogP contribution in [0.25, 0.3) is 0 Å². The van der Waals surface area contributed by atoms with Crippen molar-refractivity contribution in [2.24, 2.45) is 0 Å². The van der Waals surface area contributed by atoms with E-state index in [9.17, 15) is 4.79 Å². The zero-order valence-corrected chi connectivity index (χ0v) is 13.1. The van der Waals surface area contributed by atoms with E-state index in [1.807, 2.05) is 12.1 Å². The third-order valence-electron chi connectivity index (χ3n) is 4.24. The quantitative estimate of drug-likeness (QED) is 0.771. The van der Waals surface area contributed by atoms with E-state index in [2.05, 4.69) is 49.9 Å². The van der Waals surface area contributed by atoms with Gasteiger partial charge in [0, 0.05) is 24.7 Å². The van der Waals surface area contributed by atoms with Crippen molar-refractivity contribution >= 4 is 5.78 Å². The van der Waals surface area contributed by atoms with Gasteiger partial charge in [0.25, 0.3) is 0 Å². The molecule has 0 saturated carbocycles. The highest BCUT2D eigenvalue weighted by Crippen LogP contribution is 2.17. The summed E-state index contributed by atoms with van der Waals surface area (Å²) in [7, 11) is 4.22. The van der Waals surface area contributed by atoms with Gasteiger partial charge < -0.3 is 4.90 Å². The van der Waals surface area contributed by atoms with Gasteiger partial charge in [0.1, 0.15) is 0 Å². The maximum absolute atomic E-state index is 12.3. The Bertz CT molecular complexity index is 451. The van der Waals surface area contributed by atoms with Crippen molar-refractivity contribution in [2.45, 2.75) is 32.2 Å². The molecule has 1 heterocycles. The van der Waals surface area contributed by atoms with Crippen LogP contribution in [0.3, 0.4) is 0 Å². The first kappa shape index (κ1) is 15.2. The van der Waals surface area contributed by atoms with Crippen LogP contribution in [0, 0.1) is 0 Å². The van der Waals surface area contributed by atoms with Gasteiger partial charge in [-0.2, -0.15) is 0 Å². The molecule has 1 aliphatic rings. The molecule has 3 nitrogen and oxygen atoms in total. The highest BCUT2D eigenvalue weighted by atomic mass is 16.1. The van der Waals surface area contributed by atoms with Gasteiger partial charge in [0.15, 0.2) is 5.78 Å². The Labute approximate surface area is 122 Å². The molecular weight excluding hydrogens is 248 g/mol. The minimum atomic E-state index is 0.236. The van der Waals surface area contributed by atoms with Crippen molar-refractivity contribution in [3.8, 4) is 0 Å². The Hall–Kier alpha value is -1.19. The van der Waals surface area contributed by atoms with Gasteiger partial charge in [0.2, 0.25) is 0 Å². The fourth-order valence-electron chi connectivity index (χ4n) is 2.73. The lowest BCUT2D eigenvalue weighted by Crippen LogP contribution is -2.33. The molecule has 1 aliphatic heterocycles. The van der Waals surface area contributed by atoms with Crippen molar-refractivity contribution in [1.82, 2.24) is 9.80 Å². The number of carbonyl (C=O) groups excluding carboxylic acids is 1. The molecule has 1 aromatic rings. The van der Waals surface area contributed by atoms with E-state index in [1.54, 1.807) is 0 Å². The molecular formula is C17H26N2O. The number of carbonyl (C=O) groups is 1. The molecule has 0 amide bonds. The largest absolute Gasteiger partial charge is 0.305 e. The maximum Gasteiger partial charge on any atom is 0.176 e. The molecule has 2 rings (SSSR count). The molecule has 1 atom stereocenters. The Morgan fingerprint density at radius 3 is 2.45 bits per heavy atom. The van der Waals surface area contributed by atoms with E-state index in [4.69, 9.17) is 0 Å². The second kappa shape index (κ2) is 6.51. The lowest BCUT2D eigenvalue weighted by atomic mass is 10.0. The Morgan fingerprint density at radius 2 is 1.95 bits per heavy atom. The van der Waals surface area contributed by atoms with Crippen LogP contribution in [-0.4, -0.2) is 55.4 Å². The molecule has 0 aromatic heterocycles. The monoisotopic (exact) mass is 274 g/mol. The predicted molar refractivity (Wildman–Crippen MR) is 83.4 cm³/mol. The average molecular weight is 274 g/mol. The molecule has 0 aliphatic carbocycles. The van der Waals surface area contributed by atoms with Crippen LogP contribution in [0.1, 0.15) is 42.1 Å². The molecule has 110 valence electrons. The lowest BCUT2D eigenvalue weighted by Gasteiger charge is -2.20. The molecule has 20 heavy (non-hydrogen) atoms. The third kappa shape index (κ3) is 3.68. The van der Waals surface area contributed by atoms with Crippen molar-refractivity contribution in [1.29, 1.82) is 0 Å². The predicted octanol–water partition coefficient (Wildman–Crippen LogP) is 2.63. The van der Waals surface area contributed by atoms with Gasteiger partial charge in [-0.25, -0.2) is 0 Å². The summed E-state index contributed by atoms with van der Waals surface area (Å²) >= 11 is 0. The van der Waals surface area contributed by atoms with Gasteiger partial charge in [-0.05, 0) is 32.0 Å². The topological polar surface area (TPSA) is 23.6 Å². The lowest BCUT2D eigenvalue weighted by molar-refractivity contribution is 0.0941. The van der Waals surface area contributed by atoms with E-state index in [0.717, 1.165) is 25.1 Å². The van der Waals surface area contributed by atoms with E-state index in [-0.39, 0.29) is 5.78 Å². The van der Waals surface area contributed by atoms with Crippen molar-refractivity contribution < 1.29 is 4.79 Å². The van der Waals surface area contributed by atoms with Crippen molar-refractivity contribution in [2.75, 3.05) is 33.7 Å². The smallest absolute Gasteiger partial charge is 0.176 e. The number of ketones is 1. The number of hydrogen-bond acceptors (Lipinski definition) is 3. The second-order valence-electron chi connectivity index (χ2n) is 6.34. The van der Waals surface area contributed by atoms with Crippen LogP contribution >= 0.6 is 0 Å². The zero-order valence-electron chi connectivity index (χ0n) is 13.1. The normalized spacial score (nSPS) is 20.0. The highest BCUT2D eigenvalue weighted by Gasteiger charge is 2.25. The molecule has 1 saturated heterocycles. The second-order valence-corrected chi connectivity index (χ2v) is 6.34. The van der Waals surface area contributed by atoms with E-state index >= 15 is 0 Å². The summed E-state index contributed by atoms with van der Waals surface area (Å²) in [6.07, 6.45) is 1.16. The molecule has 0 radical (unpaired) electrons. The maximum atomic E-state index is 12.3. The fraction of sp³-hybridized carbons (Fsp3) is 0.588. The summed E-state index contributed by atoms with van der Waals surface area (Å²) in [5, 5.41) is 0. The average Bonchev–Trinajstić information content (AvgIpc) is 2.87. The van der Waals surface area contributed by atoms with Crippen LogP contribution < -0.4 is 0 Å². The first-order chi connectivity index (χ1) is 9.47. The molecule has 3 heteroatoms. The van der Waals surface area contributed by atoms with Crippen LogP contribution in [0.5, 0.6) is 0 Å². The first-order valence-electron chi connectivity index (χ1n) is 7.49. The Kier molecular flexibility index (Phi) is 4.95. The fourth-order valence-corrected chi connectivity index (χ4v) is 2.73. The van der Waals surface area contributed by atoms with Crippen LogP contribution in [0.2, 0.25) is 0 Å². The first-order valence-corrected chi connectivity index (χ1v) is 7.49. The summed E-state index contributed by atoms with van der Waals surface area (Å²) < 4.78 is 0. The Balaban J connectivity index is 1.92. The van der Waals surface area contributed by atoms with Crippen LogP contribution in [0.4, 0.5) is 0 Å². The van der Waals surface area contributed by atoms with Gasteiger partial charge in [-0.1, -0.05) is 38.1 Å². The minimum absolute atomic E-state index is 0.236. The summed E-state index contributed by atoms with van der Waals surface area (Å²) in [6.45, 7) is 6.91. The summed E-state index contributed by atoms with van der Waals surface area (Å²) in [4.78, 5) is 16.8. The van der Waals surface area contributed by atoms with Crippen molar-refractivity contribution in [3.63, 3.8) is 0 Å². The molecule has 1 fully saturated rings. The molecule has 0 bridgehead atoms. The summed E-state index contributed by atoms with van der Waals surface area (Å²) in [6, 6.07) is 8.68. The van der Waals surface area contributed by atoms with Crippen LogP contribution in [-0.2, 0) is 0 Å². The highest BCUT2D eigenvalue weighted by molar-refractivity contribution is 5.97. The van der Waals surface area contributed by atoms with Crippen molar-refractivity contribution in [3.05, 3.63) is 35.4 Å². The number of likely N-dealkylation sites (tertiary alicyclic amines) is 1. The molecule has 1 aromatic carbocycles. The molecule has 1 unspecified atom stereocenters. The van der Waals surface area contributed by atoms with Crippen LogP contribution in [0.15, 0.2) is 24.3 Å². The number of hydrogen-bond donors (Lipinski definition) is 0. The van der Waals surface area contributed by atoms with E-state index in [0.29, 0.717) is 18.5 Å². The zero-order chi connectivity index (χ0) is 14.7. The number of benzene rings is 1. The number of likely N-dealkylation sites (N-methyl/N-ethyl adjacent to an activating group) is 1. The number of rotatable bonds is 5. The van der Waals surface area contributed by atoms with Gasteiger partial charge >= 0.3 is 0 Å². The number of Topliss-reactive ketones (excluding diaryl/α,β-unsaturated/α-hetero) is 1. The number of nitrogens with zero attached hydrogens (tertiary/aromatic N) is 2. The van der Waals surface area contributed by atoms with Gasteiger partial charge in [0.05, 0.1) is 6.54 Å². The SMILES string of the molecule is CC(C)c1ccc(C(=O)CN2CCC(N(C)C)C2)cc1. The van der Waals surface area contributed by atoms with E-state index in [1.165, 1.54) is 5.56 Å². The van der Waals surface area contributed by atoms with Gasteiger partial charge in [-0.15, -0.1) is 0 Å². The minimum Gasteiger partial charge on any atom is -0.305 e. The molecule has 0 spiro atoms. The third-order valence-corrected chi connectivity index (χ3v) is 4.24. The summed E-state index contributed by atoms with van der Waals surface area (Å²) in [5.74, 6) is 0.748. The Morgan fingerprint density at radius 1 is 1.30 bits per heavy atom.